The highest BCUT2D eigenvalue weighted by Crippen LogP contribution is 2.14. The van der Waals surface area contributed by atoms with Crippen molar-refractivity contribution >= 4 is 5.78 Å². The molecule has 2 atom stereocenters. The molecule has 1 aromatic rings. The number of carbonyl (C=O) groups excluding carboxylic acids is 1. The van der Waals surface area contributed by atoms with Crippen LogP contribution in [0.2, 0.25) is 0 Å². The minimum Gasteiger partial charge on any atom is -0.348 e. The van der Waals surface area contributed by atoms with Gasteiger partial charge in [0.15, 0.2) is 5.78 Å². The number of aryl methyl sites for hydroxylation is 1. The van der Waals surface area contributed by atoms with Crippen molar-refractivity contribution in [2.45, 2.75) is 25.9 Å². The summed E-state index contributed by atoms with van der Waals surface area (Å²) in [6.07, 6.45) is 1.92. The number of hydrogen-bond donors (Lipinski definition) is 0. The Morgan fingerprint density at radius 2 is 1.89 bits per heavy atom. The van der Waals surface area contributed by atoms with Gasteiger partial charge in [-0.25, -0.2) is 0 Å². The van der Waals surface area contributed by atoms with Gasteiger partial charge < -0.3 is 4.57 Å². The standard InChI is InChI=1S/C14H23N3O/c1-11-8-17(9-12(2)16(11)4)10-14(18)13-6-5-7-15(13)3/h5-7,11-12H,8-10H2,1-4H3. The van der Waals surface area contributed by atoms with Crippen molar-refractivity contribution < 1.29 is 4.79 Å². The highest BCUT2D eigenvalue weighted by Gasteiger charge is 2.27. The van der Waals surface area contributed by atoms with Gasteiger partial charge in [0, 0.05) is 38.4 Å². The molecule has 1 aliphatic heterocycles. The molecule has 0 amide bonds. The largest absolute Gasteiger partial charge is 0.348 e. The average Bonchev–Trinajstić information content (AvgIpc) is 2.72. The van der Waals surface area contributed by atoms with Crippen molar-refractivity contribution in [1.82, 2.24) is 14.4 Å². The molecule has 0 aliphatic carbocycles. The van der Waals surface area contributed by atoms with Gasteiger partial charge >= 0.3 is 0 Å². The Morgan fingerprint density at radius 3 is 2.39 bits per heavy atom. The van der Waals surface area contributed by atoms with Crippen molar-refractivity contribution in [2.75, 3.05) is 26.7 Å². The summed E-state index contributed by atoms with van der Waals surface area (Å²) in [7, 11) is 4.08. The van der Waals surface area contributed by atoms with E-state index < -0.39 is 0 Å². The topological polar surface area (TPSA) is 28.5 Å². The van der Waals surface area contributed by atoms with Crippen molar-refractivity contribution in [3.05, 3.63) is 24.0 Å². The van der Waals surface area contributed by atoms with Gasteiger partial charge in [-0.1, -0.05) is 0 Å². The second-order valence-electron chi connectivity index (χ2n) is 5.49. The van der Waals surface area contributed by atoms with Crippen LogP contribution in [0.4, 0.5) is 0 Å². The third kappa shape index (κ3) is 2.65. The maximum atomic E-state index is 12.2. The Bertz CT molecular complexity index is 414. The zero-order valence-corrected chi connectivity index (χ0v) is 11.8. The third-order valence-corrected chi connectivity index (χ3v) is 4.03. The number of nitrogens with zero attached hydrogens (tertiary/aromatic N) is 3. The first kappa shape index (κ1) is 13.3. The molecule has 1 aromatic heterocycles. The number of piperazine rings is 1. The predicted molar refractivity (Wildman–Crippen MR) is 72.9 cm³/mol. The Labute approximate surface area is 109 Å². The summed E-state index contributed by atoms with van der Waals surface area (Å²) in [5.74, 6) is 0.214. The van der Waals surface area contributed by atoms with Gasteiger partial charge in [-0.3, -0.25) is 14.6 Å². The molecule has 0 spiro atoms. The fourth-order valence-corrected chi connectivity index (χ4v) is 2.68. The SMILES string of the molecule is CC1CN(CC(=O)c2cccn2C)CC(C)N1C. The van der Waals surface area contributed by atoms with Gasteiger partial charge in [-0.15, -0.1) is 0 Å². The molecule has 1 fully saturated rings. The lowest BCUT2D eigenvalue weighted by Gasteiger charge is -2.42. The van der Waals surface area contributed by atoms with E-state index in [-0.39, 0.29) is 5.78 Å². The molecule has 0 aromatic carbocycles. The molecule has 2 rings (SSSR count). The van der Waals surface area contributed by atoms with Crippen LogP contribution in [-0.2, 0) is 7.05 Å². The molecule has 100 valence electrons. The quantitative estimate of drug-likeness (QED) is 0.754. The fourth-order valence-electron chi connectivity index (χ4n) is 2.68. The summed E-state index contributed by atoms with van der Waals surface area (Å²) in [6.45, 7) is 6.90. The van der Waals surface area contributed by atoms with E-state index in [0.29, 0.717) is 18.6 Å². The molecule has 0 radical (unpaired) electrons. The average molecular weight is 249 g/mol. The normalized spacial score (nSPS) is 26.4. The van der Waals surface area contributed by atoms with E-state index in [1.165, 1.54) is 0 Å². The van der Waals surface area contributed by atoms with Gasteiger partial charge in [0.2, 0.25) is 0 Å². The second-order valence-corrected chi connectivity index (χ2v) is 5.49. The lowest BCUT2D eigenvalue weighted by Crippen LogP contribution is -2.55. The zero-order valence-electron chi connectivity index (χ0n) is 11.8. The Morgan fingerprint density at radius 1 is 1.28 bits per heavy atom. The van der Waals surface area contributed by atoms with E-state index in [4.69, 9.17) is 0 Å². The predicted octanol–water partition coefficient (Wildman–Crippen LogP) is 1.23. The highest BCUT2D eigenvalue weighted by atomic mass is 16.1. The lowest BCUT2D eigenvalue weighted by atomic mass is 10.1. The minimum atomic E-state index is 0.214. The Hall–Kier alpha value is -1.13. The van der Waals surface area contributed by atoms with Gasteiger partial charge in [-0.2, -0.15) is 0 Å². The van der Waals surface area contributed by atoms with E-state index >= 15 is 0 Å². The molecule has 4 heteroatoms. The van der Waals surface area contributed by atoms with E-state index in [2.05, 4.69) is 30.7 Å². The monoisotopic (exact) mass is 249 g/mol. The van der Waals surface area contributed by atoms with Crippen molar-refractivity contribution in [1.29, 1.82) is 0 Å². The Balaban J connectivity index is 1.98. The van der Waals surface area contributed by atoms with Gasteiger partial charge in [0.25, 0.3) is 0 Å². The van der Waals surface area contributed by atoms with E-state index in [9.17, 15) is 4.79 Å². The molecule has 1 aliphatic rings. The first-order valence-corrected chi connectivity index (χ1v) is 6.58. The molecule has 4 nitrogen and oxygen atoms in total. The van der Waals surface area contributed by atoms with Crippen LogP contribution < -0.4 is 0 Å². The number of hydrogen-bond acceptors (Lipinski definition) is 3. The first-order valence-electron chi connectivity index (χ1n) is 6.58. The molecule has 0 saturated carbocycles. The van der Waals surface area contributed by atoms with Gasteiger partial charge in [0.1, 0.15) is 0 Å². The van der Waals surface area contributed by atoms with Gasteiger partial charge in [-0.05, 0) is 33.0 Å². The number of rotatable bonds is 3. The van der Waals surface area contributed by atoms with Crippen LogP contribution in [0.3, 0.4) is 0 Å². The summed E-state index contributed by atoms with van der Waals surface area (Å²) in [5.41, 5.74) is 0.800. The molecular formula is C14H23N3O. The molecular weight excluding hydrogens is 226 g/mol. The number of aromatic nitrogens is 1. The van der Waals surface area contributed by atoms with Gasteiger partial charge in [0.05, 0.1) is 12.2 Å². The molecule has 2 unspecified atom stereocenters. The van der Waals surface area contributed by atoms with Crippen LogP contribution >= 0.6 is 0 Å². The van der Waals surface area contributed by atoms with Crippen LogP contribution in [0.25, 0.3) is 0 Å². The second kappa shape index (κ2) is 5.24. The Kier molecular flexibility index (Phi) is 3.88. The van der Waals surface area contributed by atoms with Crippen LogP contribution in [0, 0.1) is 0 Å². The maximum Gasteiger partial charge on any atom is 0.193 e. The van der Waals surface area contributed by atoms with E-state index in [1.807, 2.05) is 29.9 Å². The van der Waals surface area contributed by atoms with E-state index in [1.54, 1.807) is 0 Å². The van der Waals surface area contributed by atoms with Crippen LogP contribution in [0.15, 0.2) is 18.3 Å². The molecule has 0 bridgehead atoms. The minimum absolute atomic E-state index is 0.214. The van der Waals surface area contributed by atoms with Crippen LogP contribution in [0.5, 0.6) is 0 Å². The molecule has 18 heavy (non-hydrogen) atoms. The van der Waals surface area contributed by atoms with Crippen molar-refractivity contribution in [2.24, 2.45) is 7.05 Å². The number of ketones is 1. The summed E-state index contributed by atoms with van der Waals surface area (Å²) in [5, 5.41) is 0. The van der Waals surface area contributed by atoms with Crippen LogP contribution in [0.1, 0.15) is 24.3 Å². The summed E-state index contributed by atoms with van der Waals surface area (Å²) in [4.78, 5) is 16.9. The summed E-state index contributed by atoms with van der Waals surface area (Å²) < 4.78 is 1.89. The maximum absolute atomic E-state index is 12.2. The number of Topliss-reactive ketones (excluding diaryl/α,β-unsaturated/α-hetero) is 1. The lowest BCUT2D eigenvalue weighted by molar-refractivity contribution is 0.0546. The number of likely N-dealkylation sites (N-methyl/N-ethyl adjacent to an activating group) is 1. The van der Waals surface area contributed by atoms with Crippen molar-refractivity contribution in [3.63, 3.8) is 0 Å². The van der Waals surface area contributed by atoms with Crippen molar-refractivity contribution in [3.8, 4) is 0 Å². The number of carbonyl (C=O) groups is 1. The fraction of sp³-hybridized carbons (Fsp3) is 0.643. The summed E-state index contributed by atoms with van der Waals surface area (Å²) in [6, 6.07) is 4.83. The molecule has 0 N–H and O–H groups in total. The molecule has 2 heterocycles. The van der Waals surface area contributed by atoms with Crippen LogP contribution in [-0.4, -0.2) is 58.9 Å². The smallest absolute Gasteiger partial charge is 0.193 e. The summed E-state index contributed by atoms with van der Waals surface area (Å²) >= 11 is 0. The third-order valence-electron chi connectivity index (χ3n) is 4.03. The first-order chi connectivity index (χ1) is 8.49. The van der Waals surface area contributed by atoms with E-state index in [0.717, 1.165) is 18.8 Å². The molecule has 1 saturated heterocycles. The highest BCUT2D eigenvalue weighted by molar-refractivity contribution is 5.96. The zero-order chi connectivity index (χ0) is 13.3.